The molecule has 1 nitrogen and oxygen atoms in total. The summed E-state index contributed by atoms with van der Waals surface area (Å²) in [5.41, 5.74) is 0. The Hall–Kier alpha value is -0.0400. The quantitative estimate of drug-likeness (QED) is 0.330. The van der Waals surface area contributed by atoms with Gasteiger partial charge in [-0.2, -0.15) is 0 Å². The van der Waals surface area contributed by atoms with E-state index in [4.69, 9.17) is 0 Å². The number of rotatable bonds is 9. The Labute approximate surface area is 229 Å². The highest BCUT2D eigenvalue weighted by Crippen LogP contribution is 2.41. The molecule has 0 amide bonds. The fourth-order valence-corrected chi connectivity index (χ4v) is 8.67. The Morgan fingerprint density at radius 3 is 2.14 bits per heavy atom. The van der Waals surface area contributed by atoms with E-state index in [2.05, 4.69) is 60.7 Å². The van der Waals surface area contributed by atoms with Crippen molar-refractivity contribution in [3.63, 3.8) is 0 Å². The fraction of sp³-hybridized carbons (Fsp3) is 1.00. The molecule has 1 aliphatic carbocycles. The molecule has 0 bridgehead atoms. The van der Waals surface area contributed by atoms with Gasteiger partial charge in [-0.15, -0.1) is 0 Å². The summed E-state index contributed by atoms with van der Waals surface area (Å²) in [5.74, 6) is 8.33. The van der Waals surface area contributed by atoms with Gasteiger partial charge in [-0.1, -0.05) is 106 Å². The number of nitrogens with one attached hydrogen (secondary N) is 1. The van der Waals surface area contributed by atoms with Gasteiger partial charge in [-0.25, -0.2) is 0 Å². The van der Waals surface area contributed by atoms with Gasteiger partial charge in [0.2, 0.25) is 0 Å². The summed E-state index contributed by atoms with van der Waals surface area (Å²) in [5, 5.41) is 4.01. The van der Waals surface area contributed by atoms with Gasteiger partial charge in [-0.05, 0) is 112 Å². The average Bonchev–Trinajstić information content (AvgIpc) is 2.85. The molecule has 1 aliphatic heterocycles. The van der Waals surface area contributed by atoms with Gasteiger partial charge in [-0.3, -0.25) is 0 Å². The van der Waals surface area contributed by atoms with Crippen LogP contribution in [0.5, 0.6) is 0 Å². The second-order valence-electron chi connectivity index (χ2n) is 14.3. The lowest BCUT2D eigenvalue weighted by molar-refractivity contribution is 0.133. The van der Waals surface area contributed by atoms with E-state index in [1.165, 1.54) is 109 Å². The Kier molecular flexibility index (Phi) is 15.7. The third-order valence-electron chi connectivity index (χ3n) is 11.1. The van der Waals surface area contributed by atoms with Crippen LogP contribution in [0.1, 0.15) is 158 Å². The molecule has 36 heavy (non-hydrogen) atoms. The topological polar surface area (TPSA) is 12.0 Å². The molecule has 0 spiro atoms. The van der Waals surface area contributed by atoms with Gasteiger partial charge in [0.1, 0.15) is 0 Å². The van der Waals surface area contributed by atoms with Gasteiger partial charge in [0.15, 0.2) is 0 Å². The van der Waals surface area contributed by atoms with E-state index in [9.17, 15) is 0 Å². The van der Waals surface area contributed by atoms with Gasteiger partial charge in [0, 0.05) is 6.04 Å². The van der Waals surface area contributed by atoms with E-state index in [0.717, 1.165) is 53.3 Å². The van der Waals surface area contributed by atoms with Crippen LogP contribution in [0.4, 0.5) is 0 Å². The summed E-state index contributed by atoms with van der Waals surface area (Å²) >= 11 is 0. The van der Waals surface area contributed by atoms with Gasteiger partial charge in [0.25, 0.3) is 0 Å². The van der Waals surface area contributed by atoms with E-state index in [-0.39, 0.29) is 0 Å². The molecular formula is C35H69N. The minimum absolute atomic E-state index is 0.675. The fourth-order valence-electron chi connectivity index (χ4n) is 8.67. The minimum atomic E-state index is 0.675. The molecular weight excluding hydrogens is 434 g/mol. The summed E-state index contributed by atoms with van der Waals surface area (Å²) < 4.78 is 0. The Morgan fingerprint density at radius 2 is 1.50 bits per heavy atom. The molecule has 1 heteroatoms. The predicted octanol–water partition coefficient (Wildman–Crippen LogP) is 10.9. The molecule has 1 saturated heterocycles. The maximum absolute atomic E-state index is 4.01. The molecule has 9 atom stereocenters. The first-order valence-electron chi connectivity index (χ1n) is 17.0. The highest BCUT2D eigenvalue weighted by molar-refractivity contribution is 4.83. The van der Waals surface area contributed by atoms with Crippen molar-refractivity contribution in [3.8, 4) is 0 Å². The summed E-state index contributed by atoms with van der Waals surface area (Å²) in [4.78, 5) is 0. The zero-order valence-corrected chi connectivity index (χ0v) is 26.3. The van der Waals surface area contributed by atoms with Crippen molar-refractivity contribution >= 4 is 0 Å². The standard InChI is InChI=1S/C35H69N/c1-9-30(23-26(4)5)25-32(11-3)33-17-13-16-28(7)35(34-18-12-15-27(6)24-34)19-14-22-36-29(8)31(10-2)20-21-33/h26-36H,9-25H2,1-8H3. The molecule has 9 unspecified atom stereocenters. The Morgan fingerprint density at radius 1 is 0.750 bits per heavy atom. The lowest BCUT2D eigenvalue weighted by Crippen LogP contribution is -2.35. The molecule has 2 fully saturated rings. The minimum Gasteiger partial charge on any atom is -0.314 e. The van der Waals surface area contributed by atoms with Crippen LogP contribution in [0, 0.1) is 53.3 Å². The summed E-state index contributed by atoms with van der Waals surface area (Å²) in [7, 11) is 0. The molecule has 0 aromatic rings. The first-order valence-corrected chi connectivity index (χ1v) is 17.0. The maximum atomic E-state index is 4.01. The van der Waals surface area contributed by atoms with Crippen LogP contribution >= 0.6 is 0 Å². The normalized spacial score (nSPS) is 35.8. The van der Waals surface area contributed by atoms with E-state index in [0.29, 0.717) is 6.04 Å². The molecule has 1 heterocycles. The maximum Gasteiger partial charge on any atom is 0.00668 e. The molecule has 214 valence electrons. The smallest absolute Gasteiger partial charge is 0.00668 e. The van der Waals surface area contributed by atoms with Crippen molar-refractivity contribution < 1.29 is 0 Å². The number of hydrogen-bond acceptors (Lipinski definition) is 1. The second-order valence-corrected chi connectivity index (χ2v) is 14.3. The van der Waals surface area contributed by atoms with Crippen LogP contribution in [0.2, 0.25) is 0 Å². The zero-order chi connectivity index (χ0) is 26.5. The largest absolute Gasteiger partial charge is 0.314 e. The summed E-state index contributed by atoms with van der Waals surface area (Å²) in [6.45, 7) is 21.1. The average molecular weight is 504 g/mol. The first kappa shape index (κ1) is 32.2. The van der Waals surface area contributed by atoms with Gasteiger partial charge < -0.3 is 5.32 Å². The lowest BCUT2D eigenvalue weighted by atomic mass is 9.68. The zero-order valence-electron chi connectivity index (χ0n) is 26.3. The molecule has 0 aromatic heterocycles. The van der Waals surface area contributed by atoms with Crippen molar-refractivity contribution in [2.24, 2.45) is 53.3 Å². The van der Waals surface area contributed by atoms with Crippen LogP contribution in [-0.2, 0) is 0 Å². The Balaban J connectivity index is 2.14. The van der Waals surface area contributed by atoms with Crippen molar-refractivity contribution in [2.45, 2.75) is 164 Å². The Bertz CT molecular complexity index is 541. The molecule has 0 aromatic carbocycles. The van der Waals surface area contributed by atoms with Crippen molar-refractivity contribution in [1.29, 1.82) is 0 Å². The monoisotopic (exact) mass is 504 g/mol. The SMILES string of the molecule is CCC(CC(C)C)CC(CC)C1CCCC(C)C(C2CCCC(C)C2)CCCNC(C)C(CC)CC1. The van der Waals surface area contributed by atoms with E-state index >= 15 is 0 Å². The highest BCUT2D eigenvalue weighted by Gasteiger charge is 2.31. The third-order valence-corrected chi connectivity index (χ3v) is 11.1. The van der Waals surface area contributed by atoms with Crippen LogP contribution in [-0.4, -0.2) is 12.6 Å². The van der Waals surface area contributed by atoms with Crippen LogP contribution < -0.4 is 5.32 Å². The third kappa shape index (κ3) is 11.0. The molecule has 1 N–H and O–H groups in total. The molecule has 0 radical (unpaired) electrons. The summed E-state index contributed by atoms with van der Waals surface area (Å²) in [6, 6.07) is 0.675. The van der Waals surface area contributed by atoms with Crippen molar-refractivity contribution in [1.82, 2.24) is 5.32 Å². The highest BCUT2D eigenvalue weighted by atomic mass is 14.9. The predicted molar refractivity (Wildman–Crippen MR) is 162 cm³/mol. The van der Waals surface area contributed by atoms with Crippen LogP contribution in [0.3, 0.4) is 0 Å². The van der Waals surface area contributed by atoms with Crippen molar-refractivity contribution in [2.75, 3.05) is 6.54 Å². The second kappa shape index (κ2) is 17.5. The lowest BCUT2D eigenvalue weighted by Gasteiger charge is -2.38. The number of hydrogen-bond donors (Lipinski definition) is 1. The molecule has 1 saturated carbocycles. The molecule has 2 aliphatic rings. The van der Waals surface area contributed by atoms with Crippen LogP contribution in [0.15, 0.2) is 0 Å². The van der Waals surface area contributed by atoms with Crippen molar-refractivity contribution in [3.05, 3.63) is 0 Å². The van der Waals surface area contributed by atoms with Gasteiger partial charge in [0.05, 0.1) is 0 Å². The van der Waals surface area contributed by atoms with E-state index in [1.54, 1.807) is 0 Å². The molecule has 2 rings (SSSR count). The van der Waals surface area contributed by atoms with Crippen LogP contribution in [0.25, 0.3) is 0 Å². The van der Waals surface area contributed by atoms with Gasteiger partial charge >= 0.3 is 0 Å². The van der Waals surface area contributed by atoms with E-state index in [1.807, 2.05) is 0 Å². The first-order chi connectivity index (χ1) is 17.3. The van der Waals surface area contributed by atoms with E-state index < -0.39 is 0 Å². The summed E-state index contributed by atoms with van der Waals surface area (Å²) in [6.07, 6.45) is 23.2.